The molecule has 0 unspecified atom stereocenters. The van der Waals surface area contributed by atoms with Crippen LogP contribution in [0.25, 0.3) is 0 Å². The van der Waals surface area contributed by atoms with Gasteiger partial charge < -0.3 is 9.80 Å². The van der Waals surface area contributed by atoms with E-state index in [9.17, 15) is 40.5 Å². The van der Waals surface area contributed by atoms with Crippen LogP contribution in [0.15, 0.2) is 48.5 Å². The second-order valence-corrected chi connectivity index (χ2v) is 12.6. The number of likely N-dealkylation sites (tertiary alicyclic amines) is 1. The summed E-state index contributed by atoms with van der Waals surface area (Å²) in [5, 5.41) is 0. The van der Waals surface area contributed by atoms with Crippen LogP contribution in [0.5, 0.6) is 0 Å². The molecule has 0 radical (unpaired) electrons. The maximum atomic E-state index is 13.7. The van der Waals surface area contributed by atoms with Crippen LogP contribution in [0.1, 0.15) is 30.9 Å². The van der Waals surface area contributed by atoms with Gasteiger partial charge in [0.05, 0.1) is 0 Å². The zero-order chi connectivity index (χ0) is 31.4. The van der Waals surface area contributed by atoms with Crippen LogP contribution >= 0.6 is 7.60 Å². The molecule has 15 heteroatoms. The molecule has 8 nitrogen and oxygen atoms in total. The molecular weight excluding hydrogens is 603 g/mol. The first kappa shape index (κ1) is 33.0. The number of rotatable bonds is 10. The van der Waals surface area contributed by atoms with Gasteiger partial charge in [-0.1, -0.05) is 36.4 Å². The number of carbonyl (C=O) groups is 2. The van der Waals surface area contributed by atoms with E-state index >= 15 is 0 Å². The van der Waals surface area contributed by atoms with E-state index < -0.39 is 51.3 Å². The number of halogens is 6. The van der Waals surface area contributed by atoms with Crippen molar-refractivity contribution in [1.29, 1.82) is 0 Å². The van der Waals surface area contributed by atoms with Crippen molar-refractivity contribution in [2.75, 3.05) is 48.8 Å². The number of piperidine rings is 1. The molecule has 0 aromatic heterocycles. The van der Waals surface area contributed by atoms with Gasteiger partial charge in [0.2, 0.25) is 11.8 Å². The van der Waals surface area contributed by atoms with E-state index in [4.69, 9.17) is 0 Å². The minimum Gasteiger partial charge on any atom is -0.312 e. The van der Waals surface area contributed by atoms with Crippen LogP contribution in [-0.2, 0) is 36.2 Å². The number of alkyl halides is 6. The van der Waals surface area contributed by atoms with Crippen molar-refractivity contribution in [3.63, 3.8) is 0 Å². The largest absolute Gasteiger partial charge is 0.412 e. The van der Waals surface area contributed by atoms with Gasteiger partial charge >= 0.3 is 19.9 Å². The van der Waals surface area contributed by atoms with Crippen molar-refractivity contribution in [3.8, 4) is 0 Å². The SMILES string of the molecule is CC(=O)N1CCc2ccc(N(C(=O)CP(=O)(OCC(F)(F)F)OCC(F)(F)F)C3CCN(Cc4ccccc4)CC3)cc21. The van der Waals surface area contributed by atoms with Gasteiger partial charge in [0.25, 0.3) is 0 Å². The van der Waals surface area contributed by atoms with Crippen molar-refractivity contribution in [2.24, 2.45) is 0 Å². The second kappa shape index (κ2) is 13.4. The number of amides is 2. The molecule has 0 spiro atoms. The predicted octanol–water partition coefficient (Wildman–Crippen LogP) is 5.94. The molecule has 2 aliphatic rings. The van der Waals surface area contributed by atoms with Crippen molar-refractivity contribution in [2.45, 2.75) is 51.1 Å². The molecule has 0 aliphatic carbocycles. The minimum absolute atomic E-state index is 0.228. The van der Waals surface area contributed by atoms with Gasteiger partial charge in [-0.15, -0.1) is 0 Å². The Kier molecular flexibility index (Phi) is 10.3. The summed E-state index contributed by atoms with van der Waals surface area (Å²) in [7, 11) is -5.20. The molecule has 0 atom stereocenters. The van der Waals surface area contributed by atoms with Gasteiger partial charge in [0, 0.05) is 50.5 Å². The normalized spacial score (nSPS) is 16.8. The fraction of sp³-hybridized carbons (Fsp3) is 0.500. The molecule has 2 aliphatic heterocycles. The minimum atomic E-state index is -5.20. The van der Waals surface area contributed by atoms with Gasteiger partial charge in [-0.2, -0.15) is 26.3 Å². The van der Waals surface area contributed by atoms with E-state index in [1.54, 1.807) is 18.2 Å². The predicted molar refractivity (Wildman–Crippen MR) is 147 cm³/mol. The Morgan fingerprint density at radius 3 is 2.09 bits per heavy atom. The van der Waals surface area contributed by atoms with E-state index in [1.165, 1.54) is 16.7 Å². The Balaban J connectivity index is 1.60. The first-order valence-corrected chi connectivity index (χ1v) is 15.4. The number of carbonyl (C=O) groups excluding carboxylic acids is 2. The molecular formula is C28H32F6N3O5P. The van der Waals surface area contributed by atoms with Gasteiger partial charge in [-0.05, 0) is 42.5 Å². The van der Waals surface area contributed by atoms with E-state index in [1.807, 2.05) is 30.3 Å². The summed E-state index contributed by atoms with van der Waals surface area (Å²) < 4.78 is 99.1. The highest BCUT2D eigenvalue weighted by atomic mass is 31.2. The molecule has 2 heterocycles. The van der Waals surface area contributed by atoms with Crippen LogP contribution in [0.4, 0.5) is 37.7 Å². The van der Waals surface area contributed by atoms with E-state index in [2.05, 4.69) is 13.9 Å². The van der Waals surface area contributed by atoms with E-state index in [0.717, 1.165) is 11.1 Å². The van der Waals surface area contributed by atoms with Gasteiger partial charge in [0.15, 0.2) is 13.2 Å². The van der Waals surface area contributed by atoms with Crippen LogP contribution in [0.3, 0.4) is 0 Å². The molecule has 43 heavy (non-hydrogen) atoms. The lowest BCUT2D eigenvalue weighted by molar-refractivity contribution is -0.165. The van der Waals surface area contributed by atoms with Crippen molar-refractivity contribution < 1.29 is 49.5 Å². The monoisotopic (exact) mass is 635 g/mol. The highest BCUT2D eigenvalue weighted by Gasteiger charge is 2.42. The number of anilines is 2. The average Bonchev–Trinajstić information content (AvgIpc) is 3.36. The maximum absolute atomic E-state index is 13.7. The highest BCUT2D eigenvalue weighted by Crippen LogP contribution is 2.51. The summed E-state index contributed by atoms with van der Waals surface area (Å²) in [4.78, 5) is 30.9. The Bertz CT molecular complexity index is 1310. The third kappa shape index (κ3) is 9.28. The number of benzene rings is 2. The molecule has 0 saturated carbocycles. The lowest BCUT2D eigenvalue weighted by Gasteiger charge is -2.39. The van der Waals surface area contributed by atoms with Crippen LogP contribution in [-0.4, -0.2) is 74.1 Å². The smallest absolute Gasteiger partial charge is 0.312 e. The molecule has 236 valence electrons. The molecule has 0 bridgehead atoms. The lowest BCUT2D eigenvalue weighted by atomic mass is 10.0. The molecule has 2 aromatic rings. The van der Waals surface area contributed by atoms with E-state index in [-0.39, 0.29) is 11.6 Å². The van der Waals surface area contributed by atoms with Gasteiger partial charge in [-0.3, -0.25) is 28.1 Å². The number of fused-ring (bicyclic) bond motifs is 1. The molecule has 4 rings (SSSR count). The summed E-state index contributed by atoms with van der Waals surface area (Å²) in [6.45, 7) is -0.758. The Morgan fingerprint density at radius 1 is 0.930 bits per heavy atom. The van der Waals surface area contributed by atoms with E-state index in [0.29, 0.717) is 51.1 Å². The fourth-order valence-corrected chi connectivity index (χ4v) is 6.72. The van der Waals surface area contributed by atoms with Gasteiger partial charge in [0.1, 0.15) is 6.16 Å². The molecule has 2 amide bonds. The van der Waals surface area contributed by atoms with Crippen molar-refractivity contribution >= 4 is 30.8 Å². The number of hydrogen-bond donors (Lipinski definition) is 0. The summed E-state index contributed by atoms with van der Waals surface area (Å²) >= 11 is 0. The zero-order valence-corrected chi connectivity index (χ0v) is 24.3. The third-order valence-corrected chi connectivity index (χ3v) is 8.94. The summed E-state index contributed by atoms with van der Waals surface area (Å²) in [6.07, 6.45) is -9.97. The Morgan fingerprint density at radius 2 is 1.53 bits per heavy atom. The first-order chi connectivity index (χ1) is 20.1. The first-order valence-electron chi connectivity index (χ1n) is 13.6. The van der Waals surface area contributed by atoms with Crippen molar-refractivity contribution in [1.82, 2.24) is 4.90 Å². The van der Waals surface area contributed by atoms with Crippen LogP contribution in [0.2, 0.25) is 0 Å². The highest BCUT2D eigenvalue weighted by molar-refractivity contribution is 7.54. The fourth-order valence-electron chi connectivity index (χ4n) is 5.29. The number of nitrogens with zero attached hydrogens (tertiary/aromatic N) is 3. The Hall–Kier alpha value is -2.93. The van der Waals surface area contributed by atoms with Crippen molar-refractivity contribution in [3.05, 3.63) is 59.7 Å². The number of hydrogen-bond acceptors (Lipinski definition) is 6. The lowest BCUT2D eigenvalue weighted by Crippen LogP contribution is -2.48. The molecule has 1 saturated heterocycles. The topological polar surface area (TPSA) is 79.4 Å². The van der Waals surface area contributed by atoms with Gasteiger partial charge in [-0.25, -0.2) is 0 Å². The van der Waals surface area contributed by atoms with Crippen LogP contribution < -0.4 is 9.80 Å². The average molecular weight is 636 g/mol. The quantitative estimate of drug-likeness (QED) is 0.238. The summed E-state index contributed by atoms with van der Waals surface area (Å²) in [5.74, 6) is -1.24. The maximum Gasteiger partial charge on any atom is 0.412 e. The molecule has 1 fully saturated rings. The Labute approximate surface area is 245 Å². The standard InChI is InChI=1S/C28H32F6N3O5P/c1-20(38)36-14-9-22-7-8-24(15-25(22)36)37(23-10-12-35(13-11-23)16-21-5-3-2-4-6-21)26(39)17-43(40,41-18-27(29,30)31)42-19-28(32,33)34/h2-8,15,23H,9-14,16-19H2,1H3. The summed E-state index contributed by atoms with van der Waals surface area (Å²) in [6, 6.07) is 14.1. The second-order valence-electron chi connectivity index (χ2n) is 10.5. The zero-order valence-electron chi connectivity index (χ0n) is 23.4. The molecule has 0 N–H and O–H groups in total. The van der Waals surface area contributed by atoms with Crippen LogP contribution in [0, 0.1) is 0 Å². The molecule has 2 aromatic carbocycles. The summed E-state index contributed by atoms with van der Waals surface area (Å²) in [5.41, 5.74) is 2.75. The third-order valence-electron chi connectivity index (χ3n) is 7.24.